The number of methoxy groups -OCH3 is 1. The Morgan fingerprint density at radius 2 is 1.90 bits per heavy atom. The van der Waals surface area contributed by atoms with Crippen molar-refractivity contribution in [2.24, 2.45) is 7.05 Å². The van der Waals surface area contributed by atoms with Crippen LogP contribution in [0, 0.1) is 0 Å². The number of aryl methyl sites for hydroxylation is 1. The molecule has 0 bridgehead atoms. The lowest BCUT2D eigenvalue weighted by atomic mass is 10.1. The molecule has 7 nitrogen and oxygen atoms in total. The van der Waals surface area contributed by atoms with Crippen LogP contribution in [0.4, 0.5) is 0 Å². The highest BCUT2D eigenvalue weighted by Crippen LogP contribution is 2.23. The minimum Gasteiger partial charge on any atom is -0.497 e. The fourth-order valence-electron chi connectivity index (χ4n) is 2.91. The molecule has 1 unspecified atom stereocenters. The third-order valence-electron chi connectivity index (χ3n) is 4.48. The lowest BCUT2D eigenvalue weighted by molar-refractivity contribution is -0.123. The van der Waals surface area contributed by atoms with Gasteiger partial charge in [0.05, 0.1) is 7.11 Å². The number of aromatic nitrogens is 2. The molecule has 1 heterocycles. The van der Waals surface area contributed by atoms with Gasteiger partial charge in [0.1, 0.15) is 23.4 Å². The van der Waals surface area contributed by atoms with E-state index < -0.39 is 6.04 Å². The number of carbonyl (C=O) groups excluding carboxylic acids is 2. The van der Waals surface area contributed by atoms with Crippen LogP contribution in [0.5, 0.6) is 11.5 Å². The SMILES string of the molecule is COc1ccc(C(NC(=O)COc2cccc(C(C)=O)c2)c2nccn2C)cc1. The summed E-state index contributed by atoms with van der Waals surface area (Å²) in [7, 11) is 3.47. The van der Waals surface area contributed by atoms with Crippen molar-refractivity contribution < 1.29 is 19.1 Å². The van der Waals surface area contributed by atoms with E-state index in [-0.39, 0.29) is 18.3 Å². The predicted molar refractivity (Wildman–Crippen MR) is 108 cm³/mol. The number of hydrogen-bond acceptors (Lipinski definition) is 5. The van der Waals surface area contributed by atoms with Crippen LogP contribution in [-0.4, -0.2) is 35.0 Å². The fourth-order valence-corrected chi connectivity index (χ4v) is 2.91. The van der Waals surface area contributed by atoms with Crippen molar-refractivity contribution >= 4 is 11.7 Å². The van der Waals surface area contributed by atoms with E-state index in [2.05, 4.69) is 10.3 Å². The molecule has 1 amide bonds. The zero-order valence-electron chi connectivity index (χ0n) is 16.6. The maximum atomic E-state index is 12.6. The minimum absolute atomic E-state index is 0.0609. The van der Waals surface area contributed by atoms with Gasteiger partial charge in [-0.15, -0.1) is 0 Å². The first-order chi connectivity index (χ1) is 14.0. The van der Waals surface area contributed by atoms with E-state index in [1.165, 1.54) is 6.92 Å². The quantitative estimate of drug-likeness (QED) is 0.595. The topological polar surface area (TPSA) is 82.4 Å². The summed E-state index contributed by atoms with van der Waals surface area (Å²) in [5.74, 6) is 1.52. The average molecular weight is 393 g/mol. The highest BCUT2D eigenvalue weighted by atomic mass is 16.5. The highest BCUT2D eigenvalue weighted by Gasteiger charge is 2.21. The predicted octanol–water partition coefficient (Wildman–Crippen LogP) is 2.92. The first-order valence-corrected chi connectivity index (χ1v) is 9.12. The molecule has 0 fully saturated rings. The van der Waals surface area contributed by atoms with Crippen molar-refractivity contribution in [3.05, 3.63) is 77.9 Å². The molecule has 0 saturated carbocycles. The third-order valence-corrected chi connectivity index (χ3v) is 4.48. The largest absolute Gasteiger partial charge is 0.497 e. The monoisotopic (exact) mass is 393 g/mol. The summed E-state index contributed by atoms with van der Waals surface area (Å²) >= 11 is 0. The molecule has 2 aromatic carbocycles. The van der Waals surface area contributed by atoms with Crippen LogP contribution in [0.15, 0.2) is 60.9 Å². The molecular weight excluding hydrogens is 370 g/mol. The van der Waals surface area contributed by atoms with Crippen LogP contribution in [0.3, 0.4) is 0 Å². The lowest BCUT2D eigenvalue weighted by Gasteiger charge is -2.19. The Morgan fingerprint density at radius 1 is 1.14 bits per heavy atom. The molecule has 0 spiro atoms. The molecule has 7 heteroatoms. The highest BCUT2D eigenvalue weighted by molar-refractivity contribution is 5.94. The van der Waals surface area contributed by atoms with E-state index >= 15 is 0 Å². The lowest BCUT2D eigenvalue weighted by Crippen LogP contribution is -2.34. The molecule has 1 N–H and O–H groups in total. The molecule has 150 valence electrons. The van der Waals surface area contributed by atoms with E-state index in [4.69, 9.17) is 9.47 Å². The first-order valence-electron chi connectivity index (χ1n) is 9.12. The Labute approximate surface area is 169 Å². The number of imidazole rings is 1. The molecule has 1 atom stereocenters. The van der Waals surface area contributed by atoms with Gasteiger partial charge in [-0.05, 0) is 36.8 Å². The second-order valence-corrected chi connectivity index (χ2v) is 6.54. The molecule has 3 rings (SSSR count). The number of ketones is 1. The van der Waals surface area contributed by atoms with Crippen molar-refractivity contribution in [1.82, 2.24) is 14.9 Å². The Kier molecular flexibility index (Phi) is 6.29. The summed E-state index contributed by atoms with van der Waals surface area (Å²) < 4.78 is 12.6. The van der Waals surface area contributed by atoms with E-state index in [1.807, 2.05) is 42.1 Å². The zero-order valence-corrected chi connectivity index (χ0v) is 16.6. The van der Waals surface area contributed by atoms with Crippen LogP contribution >= 0.6 is 0 Å². The van der Waals surface area contributed by atoms with Crippen LogP contribution in [0.25, 0.3) is 0 Å². The summed E-state index contributed by atoms with van der Waals surface area (Å²) in [6.07, 6.45) is 3.50. The third kappa shape index (κ3) is 5.01. The van der Waals surface area contributed by atoms with E-state index in [0.717, 1.165) is 11.3 Å². The van der Waals surface area contributed by atoms with Gasteiger partial charge in [0.25, 0.3) is 5.91 Å². The summed E-state index contributed by atoms with van der Waals surface area (Å²) in [4.78, 5) is 28.5. The molecule has 0 radical (unpaired) electrons. The molecule has 0 aliphatic rings. The molecule has 0 aliphatic carbocycles. The summed E-state index contributed by atoms with van der Waals surface area (Å²) in [6, 6.07) is 13.7. The van der Waals surface area contributed by atoms with Crippen molar-refractivity contribution in [2.75, 3.05) is 13.7 Å². The average Bonchev–Trinajstić information content (AvgIpc) is 3.16. The second kappa shape index (κ2) is 9.05. The number of amides is 1. The van der Waals surface area contributed by atoms with Crippen LogP contribution in [0.1, 0.15) is 34.7 Å². The number of nitrogens with zero attached hydrogens (tertiary/aromatic N) is 2. The Bertz CT molecular complexity index is 995. The van der Waals surface area contributed by atoms with E-state index in [9.17, 15) is 9.59 Å². The van der Waals surface area contributed by atoms with Crippen LogP contribution < -0.4 is 14.8 Å². The van der Waals surface area contributed by atoms with Crippen molar-refractivity contribution in [1.29, 1.82) is 0 Å². The van der Waals surface area contributed by atoms with Crippen molar-refractivity contribution in [3.8, 4) is 11.5 Å². The van der Waals surface area contributed by atoms with Crippen LogP contribution in [-0.2, 0) is 11.8 Å². The van der Waals surface area contributed by atoms with Gasteiger partial charge in [0.15, 0.2) is 12.4 Å². The van der Waals surface area contributed by atoms with Gasteiger partial charge in [-0.1, -0.05) is 24.3 Å². The maximum absolute atomic E-state index is 12.6. The molecule has 0 saturated heterocycles. The molecular formula is C22H23N3O4. The van der Waals surface area contributed by atoms with Gasteiger partial charge in [-0.3, -0.25) is 9.59 Å². The van der Waals surface area contributed by atoms with Gasteiger partial charge in [0.2, 0.25) is 0 Å². The number of Topliss-reactive ketones (excluding diaryl/α,β-unsaturated/α-hetero) is 1. The minimum atomic E-state index is -0.444. The van der Waals surface area contributed by atoms with Crippen molar-refractivity contribution in [3.63, 3.8) is 0 Å². The number of rotatable bonds is 8. The summed E-state index contributed by atoms with van der Waals surface area (Å²) in [5.41, 5.74) is 1.40. The number of ether oxygens (including phenoxy) is 2. The summed E-state index contributed by atoms with van der Waals surface area (Å²) in [5, 5.41) is 2.97. The Hall–Kier alpha value is -3.61. The fraction of sp³-hybridized carbons (Fsp3) is 0.227. The normalized spacial score (nSPS) is 11.6. The Morgan fingerprint density at radius 3 is 2.52 bits per heavy atom. The van der Waals surface area contributed by atoms with Gasteiger partial charge in [0, 0.05) is 25.0 Å². The van der Waals surface area contributed by atoms with Crippen LogP contribution in [0.2, 0.25) is 0 Å². The van der Waals surface area contributed by atoms with Gasteiger partial charge in [-0.2, -0.15) is 0 Å². The Balaban J connectivity index is 1.73. The van der Waals surface area contributed by atoms with E-state index in [1.54, 1.807) is 37.6 Å². The number of carbonyl (C=O) groups is 2. The maximum Gasteiger partial charge on any atom is 0.258 e. The zero-order chi connectivity index (χ0) is 20.8. The first kappa shape index (κ1) is 20.1. The number of nitrogens with one attached hydrogen (secondary N) is 1. The number of benzene rings is 2. The van der Waals surface area contributed by atoms with Crippen molar-refractivity contribution in [2.45, 2.75) is 13.0 Å². The number of hydrogen-bond donors (Lipinski definition) is 1. The van der Waals surface area contributed by atoms with Gasteiger partial charge >= 0.3 is 0 Å². The molecule has 0 aliphatic heterocycles. The smallest absolute Gasteiger partial charge is 0.258 e. The summed E-state index contributed by atoms with van der Waals surface area (Å²) in [6.45, 7) is 1.30. The molecule has 29 heavy (non-hydrogen) atoms. The van der Waals surface area contributed by atoms with E-state index in [0.29, 0.717) is 17.1 Å². The standard InChI is InChI=1S/C22H23N3O4/c1-15(26)17-5-4-6-19(13-17)29-14-20(27)24-21(22-23-11-12-25(22)2)16-7-9-18(28-3)10-8-16/h4-13,21H,14H2,1-3H3,(H,24,27). The van der Waals surface area contributed by atoms with Gasteiger partial charge in [-0.25, -0.2) is 4.98 Å². The molecule has 1 aromatic heterocycles. The second-order valence-electron chi connectivity index (χ2n) is 6.54. The molecule has 3 aromatic rings. The van der Waals surface area contributed by atoms with Gasteiger partial charge < -0.3 is 19.4 Å².